The maximum absolute atomic E-state index is 9.30. The third-order valence-electron chi connectivity index (χ3n) is 3.28. The lowest BCUT2D eigenvalue weighted by molar-refractivity contribution is 0.475. The van der Waals surface area contributed by atoms with Crippen LogP contribution in [-0.4, -0.2) is 5.11 Å². The highest BCUT2D eigenvalue weighted by molar-refractivity contribution is 6.33. The van der Waals surface area contributed by atoms with Gasteiger partial charge in [-0.1, -0.05) is 55.6 Å². The fourth-order valence-corrected chi connectivity index (χ4v) is 2.48. The van der Waals surface area contributed by atoms with E-state index in [-0.39, 0.29) is 5.75 Å². The van der Waals surface area contributed by atoms with Crippen LogP contribution in [0.3, 0.4) is 0 Å². The first-order chi connectivity index (χ1) is 9.20. The minimum atomic E-state index is 0.274. The lowest BCUT2D eigenvalue weighted by Crippen LogP contribution is -1.87. The third kappa shape index (κ3) is 3.74. The highest BCUT2D eigenvalue weighted by Gasteiger charge is 2.05. The van der Waals surface area contributed by atoms with Crippen LogP contribution < -0.4 is 0 Å². The fourth-order valence-electron chi connectivity index (χ4n) is 2.17. The molecule has 0 radical (unpaired) electrons. The summed E-state index contributed by atoms with van der Waals surface area (Å²) in [5.41, 5.74) is 3.34. The van der Waals surface area contributed by atoms with Gasteiger partial charge in [-0.2, -0.15) is 0 Å². The summed E-state index contributed by atoms with van der Waals surface area (Å²) in [6.07, 6.45) is 4.80. The molecular weight excluding hydrogens is 256 g/mol. The molecule has 2 aromatic rings. The Morgan fingerprint density at radius 2 is 1.74 bits per heavy atom. The van der Waals surface area contributed by atoms with Gasteiger partial charge >= 0.3 is 0 Å². The molecule has 0 amide bonds. The number of halogens is 1. The molecule has 0 spiro atoms. The largest absolute Gasteiger partial charge is 0.508 e. The Labute approximate surface area is 119 Å². The summed E-state index contributed by atoms with van der Waals surface area (Å²) in [4.78, 5) is 0. The SMILES string of the molecule is CCCCCc1ccc(-c2ccc(O)cc2)c(Cl)c1. The highest BCUT2D eigenvalue weighted by atomic mass is 35.5. The van der Waals surface area contributed by atoms with Gasteiger partial charge < -0.3 is 5.11 Å². The number of benzene rings is 2. The molecule has 100 valence electrons. The van der Waals surface area contributed by atoms with Crippen molar-refractivity contribution in [3.05, 3.63) is 53.1 Å². The normalized spacial score (nSPS) is 10.6. The summed E-state index contributed by atoms with van der Waals surface area (Å²) in [7, 11) is 0. The van der Waals surface area contributed by atoms with Gasteiger partial charge in [0.15, 0.2) is 0 Å². The topological polar surface area (TPSA) is 20.2 Å². The Morgan fingerprint density at radius 3 is 2.37 bits per heavy atom. The monoisotopic (exact) mass is 274 g/mol. The van der Waals surface area contributed by atoms with Crippen molar-refractivity contribution >= 4 is 11.6 Å². The number of phenolic OH excluding ortho intramolecular Hbond substituents is 1. The molecule has 0 atom stereocenters. The van der Waals surface area contributed by atoms with Crippen LogP contribution in [-0.2, 0) is 6.42 Å². The standard InChI is InChI=1S/C17H19ClO/c1-2-3-4-5-13-6-11-16(17(18)12-13)14-7-9-15(19)10-8-14/h6-12,19H,2-5H2,1H3. The van der Waals surface area contributed by atoms with Crippen LogP contribution in [0.1, 0.15) is 31.7 Å². The highest BCUT2D eigenvalue weighted by Crippen LogP contribution is 2.30. The van der Waals surface area contributed by atoms with E-state index < -0.39 is 0 Å². The van der Waals surface area contributed by atoms with Crippen molar-refractivity contribution in [2.45, 2.75) is 32.6 Å². The molecule has 0 saturated heterocycles. The Balaban J connectivity index is 2.17. The van der Waals surface area contributed by atoms with Crippen molar-refractivity contribution < 1.29 is 5.11 Å². The van der Waals surface area contributed by atoms with Crippen molar-refractivity contribution in [2.75, 3.05) is 0 Å². The molecule has 0 saturated carbocycles. The van der Waals surface area contributed by atoms with Crippen molar-refractivity contribution in [2.24, 2.45) is 0 Å². The second-order valence-electron chi connectivity index (χ2n) is 4.82. The van der Waals surface area contributed by atoms with Crippen LogP contribution in [0.4, 0.5) is 0 Å². The van der Waals surface area contributed by atoms with Gasteiger partial charge in [-0.05, 0) is 42.2 Å². The Kier molecular flexibility index (Phi) is 4.86. The maximum Gasteiger partial charge on any atom is 0.115 e. The minimum Gasteiger partial charge on any atom is -0.508 e. The Morgan fingerprint density at radius 1 is 1.00 bits per heavy atom. The van der Waals surface area contributed by atoms with Gasteiger partial charge in [-0.3, -0.25) is 0 Å². The summed E-state index contributed by atoms with van der Waals surface area (Å²) < 4.78 is 0. The molecular formula is C17H19ClO. The van der Waals surface area contributed by atoms with Gasteiger partial charge in [0.2, 0.25) is 0 Å². The van der Waals surface area contributed by atoms with Gasteiger partial charge in [0.1, 0.15) is 5.75 Å². The first-order valence-electron chi connectivity index (χ1n) is 6.78. The van der Waals surface area contributed by atoms with Crippen LogP contribution in [0.2, 0.25) is 5.02 Å². The first-order valence-corrected chi connectivity index (χ1v) is 7.16. The zero-order valence-electron chi connectivity index (χ0n) is 11.2. The summed E-state index contributed by atoms with van der Waals surface area (Å²) in [6.45, 7) is 2.21. The van der Waals surface area contributed by atoms with E-state index in [1.807, 2.05) is 12.1 Å². The Bertz CT molecular complexity index is 531. The lowest BCUT2D eigenvalue weighted by Gasteiger charge is -2.08. The van der Waals surface area contributed by atoms with Gasteiger partial charge in [0.05, 0.1) is 0 Å². The second kappa shape index (κ2) is 6.63. The van der Waals surface area contributed by atoms with Gasteiger partial charge in [0, 0.05) is 10.6 Å². The number of phenols is 1. The van der Waals surface area contributed by atoms with E-state index in [0.29, 0.717) is 0 Å². The summed E-state index contributed by atoms with van der Waals surface area (Å²) in [5.74, 6) is 0.274. The predicted molar refractivity (Wildman–Crippen MR) is 81.8 cm³/mol. The molecule has 0 aliphatic heterocycles. The maximum atomic E-state index is 9.30. The van der Waals surface area contributed by atoms with Crippen LogP contribution in [0.25, 0.3) is 11.1 Å². The van der Waals surface area contributed by atoms with Crippen LogP contribution in [0.15, 0.2) is 42.5 Å². The average molecular weight is 275 g/mol. The minimum absolute atomic E-state index is 0.274. The zero-order chi connectivity index (χ0) is 13.7. The first kappa shape index (κ1) is 14.0. The number of rotatable bonds is 5. The number of unbranched alkanes of at least 4 members (excludes halogenated alkanes) is 2. The number of aryl methyl sites for hydroxylation is 1. The number of aromatic hydroxyl groups is 1. The average Bonchev–Trinajstić information content (AvgIpc) is 2.41. The molecule has 0 heterocycles. The van der Waals surface area contributed by atoms with Gasteiger partial charge in [-0.15, -0.1) is 0 Å². The molecule has 19 heavy (non-hydrogen) atoms. The molecule has 0 aliphatic carbocycles. The molecule has 0 unspecified atom stereocenters. The smallest absolute Gasteiger partial charge is 0.115 e. The van der Waals surface area contributed by atoms with Crippen molar-refractivity contribution in [1.29, 1.82) is 0 Å². The van der Waals surface area contributed by atoms with Crippen LogP contribution in [0.5, 0.6) is 5.75 Å². The lowest BCUT2D eigenvalue weighted by atomic mass is 10.0. The van der Waals surface area contributed by atoms with E-state index in [0.717, 1.165) is 22.6 Å². The van der Waals surface area contributed by atoms with E-state index in [4.69, 9.17) is 11.6 Å². The number of hydrogen-bond donors (Lipinski definition) is 1. The van der Waals surface area contributed by atoms with Crippen LogP contribution in [0, 0.1) is 0 Å². The second-order valence-corrected chi connectivity index (χ2v) is 5.23. The molecule has 0 aliphatic rings. The molecule has 2 rings (SSSR count). The van der Waals surface area contributed by atoms with Crippen molar-refractivity contribution in [3.63, 3.8) is 0 Å². The van der Waals surface area contributed by atoms with Crippen LogP contribution >= 0.6 is 11.6 Å². The molecule has 2 heteroatoms. The van der Waals surface area contributed by atoms with Crippen molar-refractivity contribution in [1.82, 2.24) is 0 Å². The quantitative estimate of drug-likeness (QED) is 0.719. The molecule has 0 fully saturated rings. The summed E-state index contributed by atoms with van der Waals surface area (Å²) in [5, 5.41) is 10.1. The fraction of sp³-hybridized carbons (Fsp3) is 0.294. The van der Waals surface area contributed by atoms with E-state index >= 15 is 0 Å². The molecule has 1 nitrogen and oxygen atoms in total. The van der Waals surface area contributed by atoms with Crippen molar-refractivity contribution in [3.8, 4) is 16.9 Å². The van der Waals surface area contributed by atoms with E-state index in [1.54, 1.807) is 12.1 Å². The molecule has 0 aromatic heterocycles. The summed E-state index contributed by atoms with van der Waals surface area (Å²) >= 11 is 6.35. The van der Waals surface area contributed by atoms with E-state index in [1.165, 1.54) is 24.8 Å². The van der Waals surface area contributed by atoms with Gasteiger partial charge in [-0.25, -0.2) is 0 Å². The molecule has 0 bridgehead atoms. The number of hydrogen-bond acceptors (Lipinski definition) is 1. The van der Waals surface area contributed by atoms with Gasteiger partial charge in [0.25, 0.3) is 0 Å². The summed E-state index contributed by atoms with van der Waals surface area (Å²) in [6, 6.07) is 13.4. The molecule has 2 aromatic carbocycles. The predicted octanol–water partition coefficient (Wildman–Crippen LogP) is 5.45. The van der Waals surface area contributed by atoms with E-state index in [2.05, 4.69) is 25.1 Å². The van der Waals surface area contributed by atoms with E-state index in [9.17, 15) is 5.11 Å². The zero-order valence-corrected chi connectivity index (χ0v) is 12.0. The third-order valence-corrected chi connectivity index (χ3v) is 3.59. The molecule has 1 N–H and O–H groups in total. The Hall–Kier alpha value is -1.47.